The average Bonchev–Trinajstić information content (AvgIpc) is 2.56. The number of nitrogens with one attached hydrogen (secondary N) is 1. The van der Waals surface area contributed by atoms with E-state index in [1.807, 2.05) is 0 Å². The van der Waals surface area contributed by atoms with E-state index < -0.39 is 23.3 Å². The maximum atomic E-state index is 13.9. The van der Waals surface area contributed by atoms with Crippen LogP contribution in [-0.2, 0) is 16.0 Å². The quantitative estimate of drug-likeness (QED) is 0.710. The Kier molecular flexibility index (Phi) is 7.19. The highest BCUT2D eigenvalue weighted by molar-refractivity contribution is 9.10. The van der Waals surface area contributed by atoms with Crippen LogP contribution in [0.3, 0.4) is 0 Å². The van der Waals surface area contributed by atoms with Gasteiger partial charge in [0.05, 0.1) is 10.9 Å². The molecule has 2 amide bonds. The zero-order valence-corrected chi connectivity index (χ0v) is 17.4. The first-order chi connectivity index (χ1) is 12.5. The molecular formula is C19H25BrF2N2O3. The topological polar surface area (TPSA) is 58.6 Å². The van der Waals surface area contributed by atoms with Crippen molar-refractivity contribution in [3.05, 3.63) is 33.8 Å². The van der Waals surface area contributed by atoms with E-state index in [2.05, 4.69) is 21.2 Å². The summed E-state index contributed by atoms with van der Waals surface area (Å²) in [6.07, 6.45) is 0.850. The Labute approximate surface area is 166 Å². The Morgan fingerprint density at radius 1 is 1.22 bits per heavy atom. The molecule has 0 aromatic heterocycles. The van der Waals surface area contributed by atoms with Gasteiger partial charge in [-0.25, -0.2) is 13.6 Å². The second kappa shape index (κ2) is 8.99. The monoisotopic (exact) mass is 446 g/mol. The minimum Gasteiger partial charge on any atom is -0.444 e. The molecule has 27 heavy (non-hydrogen) atoms. The van der Waals surface area contributed by atoms with Crippen molar-refractivity contribution in [2.75, 3.05) is 19.6 Å². The third kappa shape index (κ3) is 6.75. The summed E-state index contributed by atoms with van der Waals surface area (Å²) in [6.45, 7) is 6.95. The Hall–Kier alpha value is -1.70. The number of ether oxygens (including phenoxy) is 1. The van der Waals surface area contributed by atoms with Crippen LogP contribution < -0.4 is 5.32 Å². The van der Waals surface area contributed by atoms with Crippen molar-refractivity contribution in [3.8, 4) is 0 Å². The van der Waals surface area contributed by atoms with Gasteiger partial charge in [-0.1, -0.05) is 0 Å². The van der Waals surface area contributed by atoms with E-state index >= 15 is 0 Å². The number of rotatable bonds is 4. The summed E-state index contributed by atoms with van der Waals surface area (Å²) in [5.74, 6) is -1.17. The SMILES string of the molecule is CC(C)(C)OC(=O)NCC1CCN(C(=O)Cc2cc(F)c(Br)cc2F)CC1. The zero-order chi connectivity index (χ0) is 20.2. The highest BCUT2D eigenvalue weighted by atomic mass is 79.9. The number of benzene rings is 1. The Balaban J connectivity index is 1.79. The zero-order valence-electron chi connectivity index (χ0n) is 15.8. The van der Waals surface area contributed by atoms with Crippen molar-refractivity contribution >= 4 is 27.9 Å². The molecule has 8 heteroatoms. The van der Waals surface area contributed by atoms with E-state index in [4.69, 9.17) is 4.74 Å². The number of alkyl carbamates (subject to hydrolysis) is 1. The highest BCUT2D eigenvalue weighted by Gasteiger charge is 2.25. The summed E-state index contributed by atoms with van der Waals surface area (Å²) in [5, 5.41) is 2.75. The van der Waals surface area contributed by atoms with E-state index in [-0.39, 0.29) is 28.3 Å². The third-order valence-corrected chi connectivity index (χ3v) is 4.94. The molecule has 0 spiro atoms. The number of carbonyl (C=O) groups excluding carboxylic acids is 2. The van der Waals surface area contributed by atoms with E-state index in [9.17, 15) is 18.4 Å². The van der Waals surface area contributed by atoms with E-state index in [0.29, 0.717) is 19.6 Å². The first-order valence-corrected chi connectivity index (χ1v) is 9.72. The van der Waals surface area contributed by atoms with Gasteiger partial charge in [0.25, 0.3) is 0 Å². The first-order valence-electron chi connectivity index (χ1n) is 8.93. The minimum atomic E-state index is -0.604. The van der Waals surface area contributed by atoms with Crippen LogP contribution in [0, 0.1) is 17.6 Å². The smallest absolute Gasteiger partial charge is 0.407 e. The molecule has 0 aliphatic carbocycles. The number of nitrogens with zero attached hydrogens (tertiary/aromatic N) is 1. The van der Waals surface area contributed by atoms with Crippen LogP contribution in [0.1, 0.15) is 39.2 Å². The standard InChI is InChI=1S/C19H25BrF2N2O3/c1-19(2,3)27-18(26)23-11-12-4-6-24(7-5-12)17(25)9-13-8-16(22)14(20)10-15(13)21/h8,10,12H,4-7,9,11H2,1-3H3,(H,23,26). The molecule has 0 radical (unpaired) electrons. The molecule has 1 N–H and O–H groups in total. The second-order valence-electron chi connectivity index (χ2n) is 7.74. The fraction of sp³-hybridized carbons (Fsp3) is 0.579. The number of hydrogen-bond acceptors (Lipinski definition) is 3. The summed E-state index contributed by atoms with van der Waals surface area (Å²) in [7, 11) is 0. The van der Waals surface area contributed by atoms with E-state index in [1.165, 1.54) is 0 Å². The van der Waals surface area contributed by atoms with Gasteiger partial charge < -0.3 is 15.0 Å². The minimum absolute atomic E-state index is 0.0366. The summed E-state index contributed by atoms with van der Waals surface area (Å²) in [6, 6.07) is 2.08. The fourth-order valence-corrected chi connectivity index (χ4v) is 3.22. The number of halogens is 3. The van der Waals surface area contributed by atoms with Crippen molar-refractivity contribution in [3.63, 3.8) is 0 Å². The average molecular weight is 447 g/mol. The van der Waals surface area contributed by atoms with Crippen molar-refractivity contribution in [1.29, 1.82) is 0 Å². The molecule has 2 rings (SSSR count). The maximum absolute atomic E-state index is 13.9. The first kappa shape index (κ1) is 21.6. The highest BCUT2D eigenvalue weighted by Crippen LogP contribution is 2.22. The molecular weight excluding hydrogens is 422 g/mol. The number of likely N-dealkylation sites (tertiary alicyclic amines) is 1. The van der Waals surface area contributed by atoms with Crippen LogP contribution in [-0.4, -0.2) is 42.1 Å². The van der Waals surface area contributed by atoms with Gasteiger partial charge in [0.1, 0.15) is 17.2 Å². The van der Waals surface area contributed by atoms with Gasteiger partial charge in [0.15, 0.2) is 0 Å². The molecule has 5 nitrogen and oxygen atoms in total. The predicted octanol–water partition coefficient (Wildman–Crippen LogP) is 4.03. The molecule has 0 saturated carbocycles. The van der Waals surface area contributed by atoms with Crippen LogP contribution >= 0.6 is 15.9 Å². The molecule has 1 aliphatic rings. The molecule has 1 heterocycles. The lowest BCUT2D eigenvalue weighted by Gasteiger charge is -2.32. The lowest BCUT2D eigenvalue weighted by Crippen LogP contribution is -2.43. The molecule has 0 atom stereocenters. The summed E-state index contributed by atoms with van der Waals surface area (Å²) in [5.41, 5.74) is -0.490. The van der Waals surface area contributed by atoms with Gasteiger partial charge in [0.2, 0.25) is 5.91 Å². The van der Waals surface area contributed by atoms with Gasteiger partial charge in [-0.2, -0.15) is 0 Å². The number of amides is 2. The molecule has 150 valence electrons. The van der Waals surface area contributed by atoms with Crippen molar-refractivity contribution in [2.45, 2.75) is 45.6 Å². The maximum Gasteiger partial charge on any atom is 0.407 e. The molecule has 1 fully saturated rings. The van der Waals surface area contributed by atoms with Crippen LogP contribution in [0.5, 0.6) is 0 Å². The largest absolute Gasteiger partial charge is 0.444 e. The lowest BCUT2D eigenvalue weighted by atomic mass is 9.96. The van der Waals surface area contributed by atoms with Gasteiger partial charge >= 0.3 is 6.09 Å². The van der Waals surface area contributed by atoms with Crippen LogP contribution in [0.2, 0.25) is 0 Å². The van der Waals surface area contributed by atoms with Crippen molar-refractivity contribution in [1.82, 2.24) is 10.2 Å². The van der Waals surface area contributed by atoms with Crippen LogP contribution in [0.25, 0.3) is 0 Å². The van der Waals surface area contributed by atoms with Crippen LogP contribution in [0.4, 0.5) is 13.6 Å². The normalized spacial score (nSPS) is 15.6. The number of hydrogen-bond donors (Lipinski definition) is 1. The molecule has 1 aromatic rings. The summed E-state index contributed by atoms with van der Waals surface area (Å²) >= 11 is 2.92. The predicted molar refractivity (Wildman–Crippen MR) is 101 cm³/mol. The summed E-state index contributed by atoms with van der Waals surface area (Å²) < 4.78 is 32.7. The Morgan fingerprint density at radius 3 is 2.44 bits per heavy atom. The number of carbonyl (C=O) groups is 2. The molecule has 1 saturated heterocycles. The molecule has 0 unspecified atom stereocenters. The summed E-state index contributed by atoms with van der Waals surface area (Å²) in [4.78, 5) is 25.7. The van der Waals surface area contributed by atoms with Gasteiger partial charge in [-0.05, 0) is 67.6 Å². The molecule has 1 aliphatic heterocycles. The second-order valence-corrected chi connectivity index (χ2v) is 8.60. The van der Waals surface area contributed by atoms with Gasteiger partial charge in [-0.3, -0.25) is 4.79 Å². The van der Waals surface area contributed by atoms with Gasteiger partial charge in [-0.15, -0.1) is 0 Å². The van der Waals surface area contributed by atoms with Crippen LogP contribution in [0.15, 0.2) is 16.6 Å². The molecule has 1 aromatic carbocycles. The fourth-order valence-electron chi connectivity index (χ4n) is 2.90. The third-order valence-electron chi connectivity index (χ3n) is 4.33. The molecule has 0 bridgehead atoms. The van der Waals surface area contributed by atoms with Crippen molar-refractivity contribution in [2.24, 2.45) is 5.92 Å². The van der Waals surface area contributed by atoms with Gasteiger partial charge in [0, 0.05) is 25.2 Å². The van der Waals surface area contributed by atoms with E-state index in [0.717, 1.165) is 25.0 Å². The Morgan fingerprint density at radius 2 is 1.85 bits per heavy atom. The number of piperidine rings is 1. The lowest BCUT2D eigenvalue weighted by molar-refractivity contribution is -0.131. The van der Waals surface area contributed by atoms with Crippen molar-refractivity contribution < 1.29 is 23.1 Å². The van der Waals surface area contributed by atoms with E-state index in [1.54, 1.807) is 25.7 Å². The Bertz CT molecular complexity index is 699.